The Kier molecular flexibility index (Phi) is 5.05. The van der Waals surface area contributed by atoms with Gasteiger partial charge in [0.15, 0.2) is 0 Å². The van der Waals surface area contributed by atoms with Crippen LogP contribution in [0.3, 0.4) is 0 Å². The molecule has 2 aromatic carbocycles. The fourth-order valence-electron chi connectivity index (χ4n) is 2.12. The van der Waals surface area contributed by atoms with Crippen LogP contribution in [0.5, 0.6) is 11.5 Å². The molecule has 0 aromatic heterocycles. The quantitative estimate of drug-likeness (QED) is 0.282. The van der Waals surface area contributed by atoms with Crippen LogP contribution in [0.2, 0.25) is 5.02 Å². The van der Waals surface area contributed by atoms with Crippen molar-refractivity contribution in [3.05, 3.63) is 62.2 Å². The molecule has 0 unspecified atom stereocenters. The first-order valence-electron chi connectivity index (χ1n) is 6.19. The zero-order valence-electron chi connectivity index (χ0n) is 11.5. The Morgan fingerprint density at radius 3 is 2.24 bits per heavy atom. The van der Waals surface area contributed by atoms with Crippen molar-refractivity contribution in [1.29, 1.82) is 0 Å². The zero-order chi connectivity index (χ0) is 15.6. The molecule has 0 bridgehead atoms. The number of ether oxygens (including phenoxy) is 1. The van der Waals surface area contributed by atoms with E-state index in [0.717, 1.165) is 11.1 Å². The highest BCUT2D eigenvalue weighted by atomic mass is 127. The van der Waals surface area contributed by atoms with Gasteiger partial charge < -0.3 is 4.74 Å². The van der Waals surface area contributed by atoms with Gasteiger partial charge in [0.1, 0.15) is 16.5 Å². The predicted octanol–water partition coefficient (Wildman–Crippen LogP) is 5.59. The molecule has 0 amide bonds. The fourth-order valence-corrected chi connectivity index (χ4v) is 3.00. The van der Waals surface area contributed by atoms with Crippen LogP contribution in [0, 0.1) is 24.0 Å². The number of rotatable bonds is 4. The summed E-state index contributed by atoms with van der Waals surface area (Å²) in [7, 11) is 0. The van der Waals surface area contributed by atoms with Crippen LogP contribution in [-0.2, 0) is 4.43 Å². The maximum atomic E-state index is 11.0. The summed E-state index contributed by atoms with van der Waals surface area (Å²) in [5, 5.41) is 11.1. The summed E-state index contributed by atoms with van der Waals surface area (Å²) in [6.07, 6.45) is 0. The number of halogens is 2. The first kappa shape index (κ1) is 16.0. The Morgan fingerprint density at radius 1 is 1.14 bits per heavy atom. The summed E-state index contributed by atoms with van der Waals surface area (Å²) in [5.74, 6) is 1.19. The van der Waals surface area contributed by atoms with Crippen LogP contribution in [0.15, 0.2) is 30.3 Å². The Morgan fingerprint density at radius 2 is 1.71 bits per heavy atom. The highest BCUT2D eigenvalue weighted by Gasteiger charge is 2.20. The number of benzene rings is 2. The van der Waals surface area contributed by atoms with E-state index < -0.39 is 4.92 Å². The molecule has 0 aliphatic heterocycles. The number of alkyl halides is 1. The molecule has 0 saturated carbocycles. The molecular weight excluding hydrogens is 405 g/mol. The highest BCUT2D eigenvalue weighted by molar-refractivity contribution is 14.1. The van der Waals surface area contributed by atoms with Gasteiger partial charge in [-0.05, 0) is 43.2 Å². The first-order chi connectivity index (χ1) is 9.90. The average Bonchev–Trinajstić information content (AvgIpc) is 2.35. The molecular formula is C15H13ClINO3. The Hall–Kier alpha value is -1.34. The Labute approximate surface area is 141 Å². The van der Waals surface area contributed by atoms with Gasteiger partial charge in [-0.25, -0.2) is 0 Å². The van der Waals surface area contributed by atoms with Crippen molar-refractivity contribution in [2.75, 3.05) is 0 Å². The largest absolute Gasteiger partial charge is 0.457 e. The van der Waals surface area contributed by atoms with Crippen molar-refractivity contribution in [3.63, 3.8) is 0 Å². The molecule has 2 rings (SSSR count). The van der Waals surface area contributed by atoms with Crippen LogP contribution in [-0.4, -0.2) is 4.92 Å². The molecule has 4 nitrogen and oxygen atoms in total. The summed E-state index contributed by atoms with van der Waals surface area (Å²) in [5.41, 5.74) is 2.67. The van der Waals surface area contributed by atoms with E-state index in [1.54, 1.807) is 6.07 Å². The Balaban J connectivity index is 2.41. The van der Waals surface area contributed by atoms with E-state index >= 15 is 0 Å². The molecule has 21 heavy (non-hydrogen) atoms. The second kappa shape index (κ2) is 6.62. The molecule has 6 heteroatoms. The van der Waals surface area contributed by atoms with Gasteiger partial charge in [0.2, 0.25) is 0 Å². The third-order valence-corrected chi connectivity index (χ3v) is 3.98. The minimum atomic E-state index is -0.461. The lowest BCUT2D eigenvalue weighted by molar-refractivity contribution is -0.385. The monoisotopic (exact) mass is 417 g/mol. The molecule has 0 radical (unpaired) electrons. The van der Waals surface area contributed by atoms with E-state index in [0.29, 0.717) is 21.5 Å². The maximum absolute atomic E-state index is 11.0. The fraction of sp³-hybridized carbons (Fsp3) is 0.200. The van der Waals surface area contributed by atoms with Gasteiger partial charge in [0, 0.05) is 16.1 Å². The third kappa shape index (κ3) is 3.85. The average molecular weight is 418 g/mol. The molecule has 0 spiro atoms. The van der Waals surface area contributed by atoms with E-state index in [4.69, 9.17) is 16.3 Å². The van der Waals surface area contributed by atoms with Gasteiger partial charge in [-0.1, -0.05) is 40.3 Å². The summed E-state index contributed by atoms with van der Waals surface area (Å²) < 4.78 is 6.27. The lowest BCUT2D eigenvalue weighted by Crippen LogP contribution is -1.96. The van der Waals surface area contributed by atoms with E-state index in [9.17, 15) is 10.1 Å². The standard InChI is InChI=1S/C15H13ClINO3/c1-9-3-10(2)5-12(4-9)21-13-6-11(8-17)15(18(19)20)14(16)7-13/h3-7H,8H2,1-2H3. The van der Waals surface area contributed by atoms with Crippen LogP contribution in [0.1, 0.15) is 16.7 Å². The second-order valence-corrected chi connectivity index (χ2v) is 5.90. The predicted molar refractivity (Wildman–Crippen MR) is 91.8 cm³/mol. The molecule has 0 heterocycles. The summed E-state index contributed by atoms with van der Waals surface area (Å²) >= 11 is 8.08. The van der Waals surface area contributed by atoms with Crippen molar-refractivity contribution in [3.8, 4) is 11.5 Å². The topological polar surface area (TPSA) is 52.4 Å². The molecule has 0 aliphatic rings. The number of hydrogen-bond donors (Lipinski definition) is 0. The van der Waals surface area contributed by atoms with Crippen LogP contribution in [0.4, 0.5) is 5.69 Å². The summed E-state index contributed by atoms with van der Waals surface area (Å²) in [4.78, 5) is 10.6. The number of nitro benzene ring substituents is 1. The van der Waals surface area contributed by atoms with E-state index in [-0.39, 0.29) is 10.7 Å². The molecule has 0 fully saturated rings. The molecule has 0 aliphatic carbocycles. The number of hydrogen-bond acceptors (Lipinski definition) is 3. The minimum absolute atomic E-state index is 0.0566. The van der Waals surface area contributed by atoms with E-state index in [1.807, 2.05) is 32.0 Å². The summed E-state index contributed by atoms with van der Waals surface area (Å²) in [6.45, 7) is 3.97. The molecule has 0 atom stereocenters. The SMILES string of the molecule is Cc1cc(C)cc(Oc2cc(Cl)c([N+](=O)[O-])c(CI)c2)c1. The van der Waals surface area contributed by atoms with Crippen LogP contribution in [0.25, 0.3) is 0 Å². The second-order valence-electron chi connectivity index (χ2n) is 4.73. The Bertz CT molecular complexity index is 683. The van der Waals surface area contributed by atoms with Gasteiger partial charge in [0.25, 0.3) is 5.69 Å². The van der Waals surface area contributed by atoms with Gasteiger partial charge in [0.05, 0.1) is 4.92 Å². The van der Waals surface area contributed by atoms with Gasteiger partial charge in [-0.2, -0.15) is 0 Å². The normalized spacial score (nSPS) is 10.5. The highest BCUT2D eigenvalue weighted by Crippen LogP contribution is 2.36. The zero-order valence-corrected chi connectivity index (χ0v) is 14.4. The smallest absolute Gasteiger partial charge is 0.292 e. The minimum Gasteiger partial charge on any atom is -0.457 e. The van der Waals surface area contributed by atoms with Gasteiger partial charge in [-0.15, -0.1) is 0 Å². The number of nitro groups is 1. The van der Waals surface area contributed by atoms with Crippen molar-refractivity contribution in [1.82, 2.24) is 0 Å². The summed E-state index contributed by atoms with van der Waals surface area (Å²) in [6, 6.07) is 9.01. The lowest BCUT2D eigenvalue weighted by Gasteiger charge is -2.10. The van der Waals surface area contributed by atoms with Crippen molar-refractivity contribution < 1.29 is 9.66 Å². The van der Waals surface area contributed by atoms with Gasteiger partial charge >= 0.3 is 0 Å². The molecule has 2 aromatic rings. The number of nitrogens with zero attached hydrogens (tertiary/aromatic N) is 1. The van der Waals surface area contributed by atoms with Crippen LogP contribution >= 0.6 is 34.2 Å². The first-order valence-corrected chi connectivity index (χ1v) is 8.10. The number of aryl methyl sites for hydroxylation is 2. The maximum Gasteiger partial charge on any atom is 0.292 e. The van der Waals surface area contributed by atoms with Crippen molar-refractivity contribution in [2.24, 2.45) is 0 Å². The van der Waals surface area contributed by atoms with E-state index in [2.05, 4.69) is 22.6 Å². The molecule has 0 N–H and O–H groups in total. The van der Waals surface area contributed by atoms with Crippen molar-refractivity contribution >= 4 is 39.9 Å². The van der Waals surface area contributed by atoms with Gasteiger partial charge in [-0.3, -0.25) is 10.1 Å². The third-order valence-electron chi connectivity index (χ3n) is 2.87. The van der Waals surface area contributed by atoms with E-state index in [1.165, 1.54) is 6.07 Å². The lowest BCUT2D eigenvalue weighted by atomic mass is 10.1. The molecule has 0 saturated heterocycles. The molecule has 110 valence electrons. The van der Waals surface area contributed by atoms with Crippen LogP contribution < -0.4 is 4.74 Å². The van der Waals surface area contributed by atoms with Crippen molar-refractivity contribution in [2.45, 2.75) is 18.3 Å².